The van der Waals surface area contributed by atoms with Gasteiger partial charge in [-0.2, -0.15) is 0 Å². The van der Waals surface area contributed by atoms with Crippen molar-refractivity contribution in [2.24, 2.45) is 0 Å². The van der Waals surface area contributed by atoms with Crippen LogP contribution in [0.5, 0.6) is 5.75 Å². The van der Waals surface area contributed by atoms with Gasteiger partial charge in [0.05, 0.1) is 12.1 Å². The summed E-state index contributed by atoms with van der Waals surface area (Å²) in [6.07, 6.45) is 0.263. The van der Waals surface area contributed by atoms with Crippen LogP contribution in [-0.2, 0) is 6.54 Å². The highest BCUT2D eigenvalue weighted by molar-refractivity contribution is 5.99. The molecule has 2 bridgehead atoms. The molecule has 2 amide bonds. The summed E-state index contributed by atoms with van der Waals surface area (Å²) >= 11 is 0. The fourth-order valence-electron chi connectivity index (χ4n) is 4.13. The van der Waals surface area contributed by atoms with Crippen LogP contribution in [0.2, 0.25) is 0 Å². The Kier molecular flexibility index (Phi) is 5.53. The third kappa shape index (κ3) is 3.64. The molecule has 0 saturated carbocycles. The molecule has 2 aliphatic heterocycles. The summed E-state index contributed by atoms with van der Waals surface area (Å²) in [7, 11) is 0. The highest BCUT2D eigenvalue weighted by atomic mass is 19.3. The SMILES string of the molecule is C[C@@H]1CC(F)(F)[C@H](C)N2CN1n1cc(C(=O)NCc3c(F)cc(F)cc3F)c(=O)c(O)c1C2=O. The van der Waals surface area contributed by atoms with E-state index in [4.69, 9.17) is 0 Å². The fraction of sp³-hybridized carbons (Fsp3) is 0.381. The fourth-order valence-corrected chi connectivity index (χ4v) is 4.13. The van der Waals surface area contributed by atoms with E-state index < -0.39 is 88.2 Å². The molecule has 34 heavy (non-hydrogen) atoms. The van der Waals surface area contributed by atoms with Gasteiger partial charge < -0.3 is 15.3 Å². The molecule has 1 aromatic carbocycles. The Hall–Kier alpha value is -3.64. The van der Waals surface area contributed by atoms with E-state index in [1.165, 1.54) is 11.9 Å². The van der Waals surface area contributed by atoms with Crippen molar-refractivity contribution in [3.05, 3.63) is 62.8 Å². The van der Waals surface area contributed by atoms with Crippen molar-refractivity contribution in [3.8, 4) is 5.75 Å². The first-order chi connectivity index (χ1) is 15.8. The Labute approximate surface area is 189 Å². The number of hydrogen-bond donors (Lipinski definition) is 2. The number of pyridine rings is 1. The van der Waals surface area contributed by atoms with Gasteiger partial charge in [0.2, 0.25) is 5.43 Å². The van der Waals surface area contributed by atoms with Crippen LogP contribution in [0, 0.1) is 17.5 Å². The Balaban J connectivity index is 1.72. The van der Waals surface area contributed by atoms with Crippen molar-refractivity contribution in [2.45, 2.75) is 44.8 Å². The second kappa shape index (κ2) is 7.99. The largest absolute Gasteiger partial charge is 0.502 e. The average molecular weight is 486 g/mol. The number of rotatable bonds is 3. The molecule has 1 aromatic heterocycles. The summed E-state index contributed by atoms with van der Waals surface area (Å²) in [5.41, 5.74) is -3.22. The number of nitrogens with one attached hydrogen (secondary N) is 1. The van der Waals surface area contributed by atoms with Gasteiger partial charge in [-0.25, -0.2) is 22.0 Å². The summed E-state index contributed by atoms with van der Waals surface area (Å²) < 4.78 is 70.9. The number of hydrogen-bond acceptors (Lipinski definition) is 5. The summed E-state index contributed by atoms with van der Waals surface area (Å²) in [6.45, 7) is 1.57. The zero-order valence-electron chi connectivity index (χ0n) is 17.9. The summed E-state index contributed by atoms with van der Waals surface area (Å²) in [5.74, 6) is -10.2. The predicted octanol–water partition coefficient (Wildman–Crippen LogP) is 2.07. The number of benzene rings is 1. The highest BCUT2D eigenvalue weighted by Gasteiger charge is 2.51. The monoisotopic (exact) mass is 486 g/mol. The minimum atomic E-state index is -3.26. The number of aromatic nitrogens is 1. The minimum absolute atomic E-state index is 0.293. The van der Waals surface area contributed by atoms with Gasteiger partial charge in [0, 0.05) is 36.9 Å². The number of carbonyl (C=O) groups is 2. The maximum atomic E-state index is 14.6. The lowest BCUT2D eigenvalue weighted by Crippen LogP contribution is -2.58. The first kappa shape index (κ1) is 23.5. The van der Waals surface area contributed by atoms with Gasteiger partial charge in [-0.3, -0.25) is 24.1 Å². The van der Waals surface area contributed by atoms with Crippen molar-refractivity contribution in [1.82, 2.24) is 14.9 Å². The van der Waals surface area contributed by atoms with E-state index in [-0.39, 0.29) is 6.67 Å². The molecular weight excluding hydrogens is 467 g/mol. The van der Waals surface area contributed by atoms with E-state index in [2.05, 4.69) is 5.32 Å². The zero-order valence-corrected chi connectivity index (χ0v) is 17.9. The minimum Gasteiger partial charge on any atom is -0.502 e. The maximum Gasteiger partial charge on any atom is 0.278 e. The van der Waals surface area contributed by atoms with Crippen LogP contribution in [0.25, 0.3) is 0 Å². The molecule has 2 atom stereocenters. The molecule has 182 valence electrons. The zero-order chi connectivity index (χ0) is 25.1. The van der Waals surface area contributed by atoms with Crippen molar-refractivity contribution in [3.63, 3.8) is 0 Å². The molecule has 0 aliphatic carbocycles. The third-order valence-electron chi connectivity index (χ3n) is 6.13. The summed E-state index contributed by atoms with van der Waals surface area (Å²) in [5, 5.41) is 13.9. The van der Waals surface area contributed by atoms with Gasteiger partial charge in [0.15, 0.2) is 11.4 Å². The number of nitrogens with zero attached hydrogens (tertiary/aromatic N) is 3. The first-order valence-electron chi connectivity index (χ1n) is 10.2. The molecule has 4 rings (SSSR count). The Morgan fingerprint density at radius 3 is 2.41 bits per heavy atom. The van der Waals surface area contributed by atoms with Crippen LogP contribution in [0.4, 0.5) is 22.0 Å². The summed E-state index contributed by atoms with van der Waals surface area (Å²) in [6, 6.07) is -1.55. The number of carbonyl (C=O) groups excluding carboxylic acids is 2. The topological polar surface area (TPSA) is 94.9 Å². The first-order valence-corrected chi connectivity index (χ1v) is 10.2. The van der Waals surface area contributed by atoms with E-state index in [0.29, 0.717) is 12.1 Å². The van der Waals surface area contributed by atoms with Crippen LogP contribution in [0.15, 0.2) is 23.1 Å². The maximum absolute atomic E-state index is 14.6. The van der Waals surface area contributed by atoms with Crippen molar-refractivity contribution in [2.75, 3.05) is 11.7 Å². The van der Waals surface area contributed by atoms with Gasteiger partial charge in [0.25, 0.3) is 17.7 Å². The van der Waals surface area contributed by atoms with Crippen LogP contribution in [0.3, 0.4) is 0 Å². The lowest BCUT2D eigenvalue weighted by molar-refractivity contribution is -0.0653. The van der Waals surface area contributed by atoms with E-state index in [1.54, 1.807) is 0 Å². The van der Waals surface area contributed by atoms with Crippen LogP contribution >= 0.6 is 0 Å². The molecule has 0 spiro atoms. The number of amides is 2. The molecular formula is C21H19F5N4O4. The lowest BCUT2D eigenvalue weighted by Gasteiger charge is -2.41. The van der Waals surface area contributed by atoms with Crippen LogP contribution in [-0.4, -0.2) is 51.2 Å². The molecule has 2 aliphatic rings. The molecule has 1 saturated heterocycles. The van der Waals surface area contributed by atoms with E-state index >= 15 is 0 Å². The van der Waals surface area contributed by atoms with Gasteiger partial charge in [-0.1, -0.05) is 0 Å². The average Bonchev–Trinajstić information content (AvgIpc) is 2.81. The predicted molar refractivity (Wildman–Crippen MR) is 108 cm³/mol. The molecule has 13 heteroatoms. The highest BCUT2D eigenvalue weighted by Crippen LogP contribution is 2.36. The van der Waals surface area contributed by atoms with Crippen molar-refractivity contribution >= 4 is 11.8 Å². The van der Waals surface area contributed by atoms with Gasteiger partial charge in [-0.05, 0) is 13.8 Å². The number of fused-ring (bicyclic) bond motifs is 4. The van der Waals surface area contributed by atoms with Crippen LogP contribution in [0.1, 0.15) is 46.7 Å². The molecule has 0 unspecified atom stereocenters. The number of halogens is 5. The van der Waals surface area contributed by atoms with Crippen LogP contribution < -0.4 is 15.8 Å². The number of alkyl halides is 2. The standard InChI is InChI=1S/C21H19F5N4O4/c1-9-5-21(25,26)10(2)28-8-30(9)29-7-13(17(31)18(32)16(29)20(28)34)19(33)27-6-12-14(23)3-11(22)4-15(12)24/h3-4,7,9-10,32H,5-6,8H2,1-2H3,(H,27,33)/t9-,10+/m1/s1. The third-order valence-corrected chi connectivity index (χ3v) is 6.13. The molecule has 0 radical (unpaired) electrons. The Morgan fingerprint density at radius 2 is 1.79 bits per heavy atom. The van der Waals surface area contributed by atoms with E-state index in [0.717, 1.165) is 22.7 Å². The quantitative estimate of drug-likeness (QED) is 0.648. The Morgan fingerprint density at radius 1 is 1.18 bits per heavy atom. The smallest absolute Gasteiger partial charge is 0.278 e. The van der Waals surface area contributed by atoms with Crippen molar-refractivity contribution < 1.29 is 36.6 Å². The molecule has 2 N–H and O–H groups in total. The number of aromatic hydroxyl groups is 1. The Bertz CT molecular complexity index is 1240. The van der Waals surface area contributed by atoms with Crippen molar-refractivity contribution in [1.29, 1.82) is 0 Å². The van der Waals surface area contributed by atoms with E-state index in [1.807, 2.05) is 0 Å². The second-order valence-corrected chi connectivity index (χ2v) is 8.29. The molecule has 3 heterocycles. The molecule has 1 fully saturated rings. The van der Waals surface area contributed by atoms with Gasteiger partial charge >= 0.3 is 0 Å². The molecule has 8 nitrogen and oxygen atoms in total. The molecule has 2 aromatic rings. The van der Waals surface area contributed by atoms with Gasteiger partial charge in [0.1, 0.15) is 29.7 Å². The van der Waals surface area contributed by atoms with Gasteiger partial charge in [-0.15, -0.1) is 0 Å². The second-order valence-electron chi connectivity index (χ2n) is 8.29. The van der Waals surface area contributed by atoms with E-state index in [9.17, 15) is 41.4 Å². The lowest BCUT2D eigenvalue weighted by atomic mass is 10.0. The normalized spacial score (nSPS) is 21.2. The summed E-state index contributed by atoms with van der Waals surface area (Å²) in [4.78, 5) is 39.0.